The molecule has 0 saturated heterocycles. The maximum absolute atomic E-state index is 12.4. The summed E-state index contributed by atoms with van der Waals surface area (Å²) in [6.45, 7) is 0. The molecule has 6 nitrogen and oxygen atoms in total. The van der Waals surface area contributed by atoms with Crippen molar-refractivity contribution in [3.8, 4) is 0 Å². The Labute approximate surface area is 105 Å². The van der Waals surface area contributed by atoms with Gasteiger partial charge >= 0.3 is 0 Å². The number of hydrogen-bond donors (Lipinski definition) is 1. The summed E-state index contributed by atoms with van der Waals surface area (Å²) in [6.07, 6.45) is 6.26. The van der Waals surface area contributed by atoms with E-state index < -0.39 is 15.1 Å². The van der Waals surface area contributed by atoms with Crippen molar-refractivity contribution in [2.24, 2.45) is 5.18 Å². The smallest absolute Gasteiger partial charge is 0.252 e. The summed E-state index contributed by atoms with van der Waals surface area (Å²) >= 11 is 0. The third-order valence-corrected chi connectivity index (χ3v) is 5.59. The Kier molecular flexibility index (Phi) is 3.60. The predicted octanol–water partition coefficient (Wildman–Crippen LogP) is 1.72. The number of nitrogens with zero attached hydrogens (tertiary/aromatic N) is 2. The van der Waals surface area contributed by atoms with Crippen LogP contribution in [0, 0.1) is 4.91 Å². The van der Waals surface area contributed by atoms with Gasteiger partial charge in [0, 0.05) is 10.8 Å². The first kappa shape index (κ1) is 12.9. The molecule has 0 aliphatic heterocycles. The van der Waals surface area contributed by atoms with Gasteiger partial charge in [-0.2, -0.15) is 0 Å². The Morgan fingerprint density at radius 3 is 2.56 bits per heavy atom. The lowest BCUT2D eigenvalue weighted by Gasteiger charge is -2.21. The van der Waals surface area contributed by atoms with Gasteiger partial charge in [0.15, 0.2) is 15.5 Å². The van der Waals surface area contributed by atoms with E-state index >= 15 is 0 Å². The Bertz CT molecular complexity index is 550. The fraction of sp³-hybridized carbons (Fsp3) is 0.545. The van der Waals surface area contributed by atoms with Crippen LogP contribution < -0.4 is 4.73 Å². The molecule has 1 aromatic heterocycles. The van der Waals surface area contributed by atoms with Crippen LogP contribution in [0.4, 0.5) is 5.69 Å². The monoisotopic (exact) mass is 271 g/mol. The lowest BCUT2D eigenvalue weighted by molar-refractivity contribution is -0.904. The molecule has 0 amide bonds. The zero-order valence-corrected chi connectivity index (χ0v) is 10.6. The minimum atomic E-state index is -3.54. The zero-order chi connectivity index (χ0) is 13.2. The van der Waals surface area contributed by atoms with Crippen molar-refractivity contribution < 1.29 is 18.4 Å². The quantitative estimate of drug-likeness (QED) is 0.515. The summed E-state index contributed by atoms with van der Waals surface area (Å²) in [5, 5.41) is 11.4. The van der Waals surface area contributed by atoms with E-state index in [-0.39, 0.29) is 10.6 Å². The molecular weight excluding hydrogens is 256 g/mol. The van der Waals surface area contributed by atoms with E-state index in [0.29, 0.717) is 17.6 Å². The molecule has 0 unspecified atom stereocenters. The number of rotatable bonds is 3. The summed E-state index contributed by atoms with van der Waals surface area (Å²) < 4.78 is 25.4. The van der Waals surface area contributed by atoms with Gasteiger partial charge in [0.25, 0.3) is 6.20 Å². The maximum Gasteiger partial charge on any atom is 0.252 e. The van der Waals surface area contributed by atoms with Gasteiger partial charge in [-0.3, -0.25) is 5.21 Å². The molecule has 18 heavy (non-hydrogen) atoms. The highest BCUT2D eigenvalue weighted by molar-refractivity contribution is 7.92. The average Bonchev–Trinajstić information content (AvgIpc) is 2.39. The third-order valence-electron chi connectivity index (χ3n) is 3.28. The number of pyridine rings is 1. The second-order valence-electron chi connectivity index (χ2n) is 4.47. The van der Waals surface area contributed by atoms with Crippen molar-refractivity contribution in [3.05, 3.63) is 23.4 Å². The van der Waals surface area contributed by atoms with Crippen LogP contribution in [0.15, 0.2) is 28.5 Å². The molecule has 1 saturated carbocycles. The number of sulfone groups is 1. The highest BCUT2D eigenvalue weighted by Gasteiger charge is 2.32. The standard InChI is InChI=1S/C11H15N2O4S/c14-12-10-8-13(15)7-6-11(10)18(16,17)9-4-2-1-3-5-9/h6-9,15H,1-5H2/q+1. The first-order valence-corrected chi connectivity index (χ1v) is 7.42. The molecule has 98 valence electrons. The van der Waals surface area contributed by atoms with Crippen LogP contribution in [-0.4, -0.2) is 18.9 Å². The van der Waals surface area contributed by atoms with Gasteiger partial charge in [-0.25, -0.2) is 8.42 Å². The molecule has 1 N–H and O–H groups in total. The lowest BCUT2D eigenvalue weighted by atomic mass is 10.0. The summed E-state index contributed by atoms with van der Waals surface area (Å²) in [6, 6.07) is 1.22. The van der Waals surface area contributed by atoms with Crippen LogP contribution in [0.25, 0.3) is 0 Å². The summed E-state index contributed by atoms with van der Waals surface area (Å²) in [5.41, 5.74) is -0.245. The fourth-order valence-corrected chi connectivity index (χ4v) is 4.27. The molecule has 1 aromatic rings. The Balaban J connectivity index is 2.43. The topological polar surface area (TPSA) is 87.7 Å². The SMILES string of the molecule is O=Nc1c[n+](O)ccc1S(=O)(=O)C1CCCCC1. The molecule has 0 aromatic carbocycles. The van der Waals surface area contributed by atoms with E-state index in [1.807, 2.05) is 0 Å². The van der Waals surface area contributed by atoms with Crippen LogP contribution in [0.3, 0.4) is 0 Å². The fourth-order valence-electron chi connectivity index (χ4n) is 2.33. The summed E-state index contributed by atoms with van der Waals surface area (Å²) in [5.74, 6) is 0. The van der Waals surface area contributed by atoms with Crippen LogP contribution in [0.1, 0.15) is 32.1 Å². The molecule has 0 atom stereocenters. The number of nitroso groups, excluding NO2 is 1. The second kappa shape index (κ2) is 5.01. The van der Waals surface area contributed by atoms with Crippen LogP contribution >= 0.6 is 0 Å². The normalized spacial score (nSPS) is 17.6. The van der Waals surface area contributed by atoms with Crippen molar-refractivity contribution in [1.29, 1.82) is 0 Å². The van der Waals surface area contributed by atoms with Crippen molar-refractivity contribution in [1.82, 2.24) is 0 Å². The van der Waals surface area contributed by atoms with Gasteiger partial charge in [0.1, 0.15) is 4.90 Å². The van der Waals surface area contributed by atoms with E-state index in [1.165, 1.54) is 12.3 Å². The average molecular weight is 271 g/mol. The molecule has 1 fully saturated rings. The van der Waals surface area contributed by atoms with Gasteiger partial charge in [0.05, 0.1) is 5.25 Å². The van der Waals surface area contributed by atoms with E-state index in [0.717, 1.165) is 25.5 Å². The largest absolute Gasteiger partial charge is 0.285 e. The van der Waals surface area contributed by atoms with E-state index in [4.69, 9.17) is 5.21 Å². The van der Waals surface area contributed by atoms with Crippen molar-refractivity contribution in [2.75, 3.05) is 0 Å². The second-order valence-corrected chi connectivity index (χ2v) is 6.67. The Morgan fingerprint density at radius 1 is 1.28 bits per heavy atom. The highest BCUT2D eigenvalue weighted by atomic mass is 32.2. The summed E-state index contributed by atoms with van der Waals surface area (Å²) in [4.78, 5) is 10.6. The molecule has 0 radical (unpaired) electrons. The molecular formula is C11H15N2O4S+. The van der Waals surface area contributed by atoms with Gasteiger partial charge in [-0.05, 0) is 18.0 Å². The van der Waals surface area contributed by atoms with Gasteiger partial charge in [0.2, 0.25) is 6.20 Å². The zero-order valence-electron chi connectivity index (χ0n) is 9.82. The van der Waals surface area contributed by atoms with E-state index in [9.17, 15) is 13.3 Å². The maximum atomic E-state index is 12.4. The summed E-state index contributed by atoms with van der Waals surface area (Å²) in [7, 11) is -3.54. The Morgan fingerprint density at radius 2 is 1.94 bits per heavy atom. The van der Waals surface area contributed by atoms with Crippen LogP contribution in [0.5, 0.6) is 0 Å². The third kappa shape index (κ3) is 2.35. The first-order chi connectivity index (χ1) is 8.55. The highest BCUT2D eigenvalue weighted by Crippen LogP contribution is 2.32. The molecule has 7 heteroatoms. The molecule has 0 spiro atoms. The molecule has 1 aliphatic carbocycles. The van der Waals surface area contributed by atoms with E-state index in [1.54, 1.807) is 0 Å². The van der Waals surface area contributed by atoms with Crippen LogP contribution in [-0.2, 0) is 9.84 Å². The number of aromatic nitrogens is 1. The number of hydrogen-bond acceptors (Lipinski definition) is 5. The van der Waals surface area contributed by atoms with Crippen molar-refractivity contribution in [2.45, 2.75) is 42.2 Å². The Hall–Kier alpha value is -1.50. The molecule has 1 aliphatic rings. The molecule has 0 bridgehead atoms. The van der Waals surface area contributed by atoms with Crippen LogP contribution in [0.2, 0.25) is 0 Å². The minimum Gasteiger partial charge on any atom is -0.285 e. The minimum absolute atomic E-state index is 0.0882. The van der Waals surface area contributed by atoms with Crippen molar-refractivity contribution >= 4 is 15.5 Å². The molecule has 1 heterocycles. The van der Waals surface area contributed by atoms with Gasteiger partial charge in [-0.1, -0.05) is 19.3 Å². The first-order valence-electron chi connectivity index (χ1n) is 5.87. The van der Waals surface area contributed by atoms with Gasteiger partial charge < -0.3 is 0 Å². The lowest BCUT2D eigenvalue weighted by Crippen LogP contribution is -2.30. The predicted molar refractivity (Wildman–Crippen MR) is 63.3 cm³/mol. The molecule has 2 rings (SSSR count). The van der Waals surface area contributed by atoms with Crippen molar-refractivity contribution in [3.63, 3.8) is 0 Å². The van der Waals surface area contributed by atoms with Gasteiger partial charge in [-0.15, -0.1) is 4.91 Å². The van der Waals surface area contributed by atoms with E-state index in [2.05, 4.69) is 5.18 Å².